The SMILES string of the molecule is CC(C)OC(=O)c1ccccc1Cl. The van der Waals surface area contributed by atoms with E-state index in [1.807, 2.05) is 0 Å². The fraction of sp³-hybridized carbons (Fsp3) is 0.300. The van der Waals surface area contributed by atoms with E-state index in [9.17, 15) is 4.79 Å². The van der Waals surface area contributed by atoms with E-state index in [-0.39, 0.29) is 12.1 Å². The molecule has 0 fully saturated rings. The lowest BCUT2D eigenvalue weighted by molar-refractivity contribution is 0.0378. The third-order valence-corrected chi connectivity index (χ3v) is 1.77. The fourth-order valence-corrected chi connectivity index (χ4v) is 1.12. The van der Waals surface area contributed by atoms with E-state index < -0.39 is 0 Å². The Bertz CT molecular complexity index is 308. The summed E-state index contributed by atoms with van der Waals surface area (Å²) in [6.45, 7) is 3.60. The van der Waals surface area contributed by atoms with Crippen molar-refractivity contribution in [3.05, 3.63) is 34.9 Å². The van der Waals surface area contributed by atoms with Gasteiger partial charge in [0.2, 0.25) is 0 Å². The molecule has 0 radical (unpaired) electrons. The van der Waals surface area contributed by atoms with Crippen molar-refractivity contribution in [2.75, 3.05) is 0 Å². The van der Waals surface area contributed by atoms with Gasteiger partial charge in [0.25, 0.3) is 0 Å². The summed E-state index contributed by atoms with van der Waals surface area (Å²) in [7, 11) is 0. The van der Waals surface area contributed by atoms with E-state index >= 15 is 0 Å². The van der Waals surface area contributed by atoms with Crippen molar-refractivity contribution in [2.24, 2.45) is 0 Å². The van der Waals surface area contributed by atoms with Crippen LogP contribution >= 0.6 is 11.6 Å². The summed E-state index contributed by atoms with van der Waals surface area (Å²) in [6, 6.07) is 6.84. The number of halogens is 1. The Morgan fingerprint density at radius 1 is 1.38 bits per heavy atom. The standard InChI is InChI=1S/C10H11ClO2/c1-7(2)13-10(12)8-5-3-4-6-9(8)11/h3-7H,1-2H3. The van der Waals surface area contributed by atoms with Crippen LogP contribution < -0.4 is 0 Å². The van der Waals surface area contributed by atoms with Crippen LogP contribution in [-0.4, -0.2) is 12.1 Å². The van der Waals surface area contributed by atoms with Gasteiger partial charge in [0.05, 0.1) is 16.7 Å². The second kappa shape index (κ2) is 4.28. The minimum absolute atomic E-state index is 0.122. The molecule has 0 aliphatic carbocycles. The molecule has 1 rings (SSSR count). The van der Waals surface area contributed by atoms with Gasteiger partial charge < -0.3 is 4.74 Å². The highest BCUT2D eigenvalue weighted by Crippen LogP contribution is 2.16. The zero-order valence-electron chi connectivity index (χ0n) is 7.58. The second-order valence-electron chi connectivity index (χ2n) is 2.93. The van der Waals surface area contributed by atoms with Crippen LogP contribution in [0.2, 0.25) is 5.02 Å². The van der Waals surface area contributed by atoms with Crippen LogP contribution in [0.15, 0.2) is 24.3 Å². The Balaban J connectivity index is 2.83. The molecule has 3 heteroatoms. The predicted molar refractivity (Wildman–Crippen MR) is 52.0 cm³/mol. The average molecular weight is 199 g/mol. The van der Waals surface area contributed by atoms with Gasteiger partial charge in [-0.25, -0.2) is 4.79 Å². The summed E-state index contributed by atoms with van der Waals surface area (Å²) in [5, 5.41) is 0.424. The zero-order chi connectivity index (χ0) is 9.84. The van der Waals surface area contributed by atoms with Gasteiger partial charge in [-0.2, -0.15) is 0 Å². The van der Waals surface area contributed by atoms with Gasteiger partial charge in [-0.1, -0.05) is 23.7 Å². The van der Waals surface area contributed by atoms with Gasteiger partial charge in [-0.05, 0) is 26.0 Å². The Kier molecular flexibility index (Phi) is 3.32. The van der Waals surface area contributed by atoms with E-state index in [0.717, 1.165) is 0 Å². The molecule has 0 saturated carbocycles. The van der Waals surface area contributed by atoms with Gasteiger partial charge in [-0.3, -0.25) is 0 Å². The summed E-state index contributed by atoms with van der Waals surface area (Å²) in [5.41, 5.74) is 0.415. The molecule has 0 heterocycles. The van der Waals surface area contributed by atoms with Crippen molar-refractivity contribution in [3.8, 4) is 0 Å². The van der Waals surface area contributed by atoms with Crippen molar-refractivity contribution in [1.29, 1.82) is 0 Å². The molecular formula is C10H11ClO2. The first-order valence-electron chi connectivity index (χ1n) is 4.06. The summed E-state index contributed by atoms with van der Waals surface area (Å²) >= 11 is 5.80. The molecule has 0 unspecified atom stereocenters. The lowest BCUT2D eigenvalue weighted by Gasteiger charge is -2.08. The molecule has 0 aliphatic rings. The Hall–Kier alpha value is -1.02. The minimum atomic E-state index is -0.374. The number of hydrogen-bond donors (Lipinski definition) is 0. The minimum Gasteiger partial charge on any atom is -0.459 e. The van der Waals surface area contributed by atoms with Gasteiger partial charge in [0.15, 0.2) is 0 Å². The first-order chi connectivity index (χ1) is 6.11. The largest absolute Gasteiger partial charge is 0.459 e. The van der Waals surface area contributed by atoms with Crippen LogP contribution in [0.4, 0.5) is 0 Å². The first kappa shape index (κ1) is 10.1. The van der Waals surface area contributed by atoms with E-state index in [1.54, 1.807) is 38.1 Å². The molecule has 0 bridgehead atoms. The van der Waals surface area contributed by atoms with Crippen LogP contribution in [-0.2, 0) is 4.74 Å². The molecule has 13 heavy (non-hydrogen) atoms. The zero-order valence-corrected chi connectivity index (χ0v) is 8.34. The van der Waals surface area contributed by atoms with Crippen molar-refractivity contribution >= 4 is 17.6 Å². The molecule has 2 nitrogen and oxygen atoms in total. The van der Waals surface area contributed by atoms with Crippen LogP contribution in [0.25, 0.3) is 0 Å². The number of carbonyl (C=O) groups is 1. The highest BCUT2D eigenvalue weighted by Gasteiger charge is 2.11. The summed E-state index contributed by atoms with van der Waals surface area (Å²) in [6.07, 6.45) is -0.122. The molecule has 0 aliphatic heterocycles. The maximum atomic E-state index is 11.4. The highest BCUT2D eigenvalue weighted by atomic mass is 35.5. The van der Waals surface area contributed by atoms with E-state index in [4.69, 9.17) is 16.3 Å². The molecule has 1 aromatic rings. The molecule has 70 valence electrons. The van der Waals surface area contributed by atoms with Crippen molar-refractivity contribution in [1.82, 2.24) is 0 Å². The van der Waals surface area contributed by atoms with Gasteiger partial charge in [0.1, 0.15) is 0 Å². The summed E-state index contributed by atoms with van der Waals surface area (Å²) < 4.78 is 4.99. The first-order valence-corrected chi connectivity index (χ1v) is 4.44. The number of carbonyl (C=O) groups excluding carboxylic acids is 1. The van der Waals surface area contributed by atoms with Crippen LogP contribution in [0.3, 0.4) is 0 Å². The van der Waals surface area contributed by atoms with Crippen molar-refractivity contribution in [2.45, 2.75) is 20.0 Å². The molecular weight excluding hydrogens is 188 g/mol. The molecule has 0 aromatic heterocycles. The Morgan fingerprint density at radius 2 is 2.00 bits per heavy atom. The Morgan fingerprint density at radius 3 is 2.54 bits per heavy atom. The molecule has 1 aromatic carbocycles. The smallest absolute Gasteiger partial charge is 0.339 e. The predicted octanol–water partition coefficient (Wildman–Crippen LogP) is 2.91. The van der Waals surface area contributed by atoms with E-state index in [2.05, 4.69) is 0 Å². The fourth-order valence-electron chi connectivity index (χ4n) is 0.904. The average Bonchev–Trinajstić information content (AvgIpc) is 2.03. The number of ether oxygens (including phenoxy) is 1. The Labute approximate surface area is 82.5 Å². The van der Waals surface area contributed by atoms with Crippen molar-refractivity contribution < 1.29 is 9.53 Å². The number of rotatable bonds is 2. The van der Waals surface area contributed by atoms with Crippen LogP contribution in [0.1, 0.15) is 24.2 Å². The quantitative estimate of drug-likeness (QED) is 0.683. The molecule has 0 spiro atoms. The van der Waals surface area contributed by atoms with E-state index in [0.29, 0.717) is 10.6 Å². The summed E-state index contributed by atoms with van der Waals surface area (Å²) in [5.74, 6) is -0.374. The van der Waals surface area contributed by atoms with Crippen molar-refractivity contribution in [3.63, 3.8) is 0 Å². The lowest BCUT2D eigenvalue weighted by atomic mass is 10.2. The number of benzene rings is 1. The van der Waals surface area contributed by atoms with Gasteiger partial charge in [-0.15, -0.1) is 0 Å². The maximum absolute atomic E-state index is 11.4. The van der Waals surface area contributed by atoms with Gasteiger partial charge in [0, 0.05) is 0 Å². The second-order valence-corrected chi connectivity index (χ2v) is 3.34. The summed E-state index contributed by atoms with van der Waals surface area (Å²) in [4.78, 5) is 11.4. The molecule has 0 saturated heterocycles. The van der Waals surface area contributed by atoms with Gasteiger partial charge >= 0.3 is 5.97 Å². The van der Waals surface area contributed by atoms with Crippen LogP contribution in [0, 0.1) is 0 Å². The monoisotopic (exact) mass is 198 g/mol. The van der Waals surface area contributed by atoms with Crippen LogP contribution in [0.5, 0.6) is 0 Å². The third kappa shape index (κ3) is 2.74. The highest BCUT2D eigenvalue weighted by molar-refractivity contribution is 6.33. The third-order valence-electron chi connectivity index (χ3n) is 1.44. The normalized spacial score (nSPS) is 10.2. The van der Waals surface area contributed by atoms with E-state index in [1.165, 1.54) is 0 Å². The number of esters is 1. The molecule has 0 atom stereocenters. The molecule has 0 amide bonds. The molecule has 0 N–H and O–H groups in total. The number of hydrogen-bond acceptors (Lipinski definition) is 2. The maximum Gasteiger partial charge on any atom is 0.339 e. The topological polar surface area (TPSA) is 26.3 Å². The lowest BCUT2D eigenvalue weighted by Crippen LogP contribution is -2.11.